The van der Waals surface area contributed by atoms with Crippen LogP contribution in [0.5, 0.6) is 0 Å². The van der Waals surface area contributed by atoms with Gasteiger partial charge in [-0.3, -0.25) is 0 Å². The van der Waals surface area contributed by atoms with Gasteiger partial charge in [-0.15, -0.1) is 11.8 Å². The fourth-order valence-corrected chi connectivity index (χ4v) is 2.83. The zero-order valence-electron chi connectivity index (χ0n) is 8.50. The summed E-state index contributed by atoms with van der Waals surface area (Å²) in [6.07, 6.45) is 0. The molecule has 78 valence electrons. The Labute approximate surface area is 102 Å². The number of thioether (sulfide) groups is 2. The van der Waals surface area contributed by atoms with Crippen molar-refractivity contribution < 1.29 is 0 Å². The Balaban J connectivity index is 3.01. The minimum absolute atomic E-state index is 0.879. The predicted octanol–water partition coefficient (Wildman–Crippen LogP) is 3.77. The van der Waals surface area contributed by atoms with Crippen molar-refractivity contribution in [1.82, 2.24) is 9.97 Å². The van der Waals surface area contributed by atoms with Crippen LogP contribution in [-0.4, -0.2) is 21.5 Å². The third-order valence-electron chi connectivity index (χ3n) is 1.52. The molecule has 0 aliphatic heterocycles. The summed E-state index contributed by atoms with van der Waals surface area (Å²) in [7, 11) is 0. The second-order valence-corrected chi connectivity index (χ2v) is 5.85. The lowest BCUT2D eigenvalue weighted by Gasteiger charge is -2.06. The molecule has 1 heterocycles. The Kier molecular flexibility index (Phi) is 5.26. The Morgan fingerprint density at radius 2 is 1.79 bits per heavy atom. The lowest BCUT2D eigenvalue weighted by Crippen LogP contribution is -1.95. The summed E-state index contributed by atoms with van der Waals surface area (Å²) >= 11 is 6.94. The van der Waals surface area contributed by atoms with Gasteiger partial charge in [-0.25, -0.2) is 9.97 Å². The molecule has 0 aromatic carbocycles. The van der Waals surface area contributed by atoms with Crippen molar-refractivity contribution >= 4 is 39.5 Å². The summed E-state index contributed by atoms with van der Waals surface area (Å²) in [6.45, 7) is 6.24. The van der Waals surface area contributed by atoms with Crippen LogP contribution in [0, 0.1) is 6.92 Å². The number of aryl methyl sites for hydroxylation is 1. The number of hydrogen-bond donors (Lipinski definition) is 0. The molecule has 2 nitrogen and oxygen atoms in total. The van der Waals surface area contributed by atoms with Gasteiger partial charge in [0.15, 0.2) is 5.16 Å². The molecular weight excluding hydrogens is 280 g/mol. The lowest BCUT2D eigenvalue weighted by molar-refractivity contribution is 0.850. The van der Waals surface area contributed by atoms with Gasteiger partial charge in [0, 0.05) is 0 Å². The van der Waals surface area contributed by atoms with Gasteiger partial charge in [0.2, 0.25) is 0 Å². The summed E-state index contributed by atoms with van der Waals surface area (Å²) in [6, 6.07) is 0. The zero-order chi connectivity index (χ0) is 10.6. The molecule has 14 heavy (non-hydrogen) atoms. The molecule has 0 radical (unpaired) electrons. The maximum atomic E-state index is 4.48. The fraction of sp³-hybridized carbons (Fsp3) is 0.556. The van der Waals surface area contributed by atoms with Gasteiger partial charge < -0.3 is 0 Å². The van der Waals surface area contributed by atoms with Crippen LogP contribution in [0.25, 0.3) is 0 Å². The Hall–Kier alpha value is 0.260. The Bertz CT molecular complexity index is 318. The molecule has 1 aromatic rings. The summed E-state index contributed by atoms with van der Waals surface area (Å²) in [5, 5.41) is 1.93. The van der Waals surface area contributed by atoms with Gasteiger partial charge in [-0.2, -0.15) is 0 Å². The Morgan fingerprint density at radius 3 is 2.36 bits per heavy atom. The molecular formula is C9H13BrN2S2. The van der Waals surface area contributed by atoms with Crippen molar-refractivity contribution in [1.29, 1.82) is 0 Å². The molecule has 1 aromatic heterocycles. The van der Waals surface area contributed by atoms with Gasteiger partial charge in [0.25, 0.3) is 0 Å². The van der Waals surface area contributed by atoms with E-state index < -0.39 is 0 Å². The van der Waals surface area contributed by atoms with Crippen LogP contribution in [0.2, 0.25) is 0 Å². The average molecular weight is 293 g/mol. The van der Waals surface area contributed by atoms with Crippen molar-refractivity contribution in [2.45, 2.75) is 31.0 Å². The second-order valence-electron chi connectivity index (χ2n) is 2.58. The van der Waals surface area contributed by atoms with Crippen molar-refractivity contribution in [2.24, 2.45) is 0 Å². The highest BCUT2D eigenvalue weighted by Crippen LogP contribution is 2.29. The third-order valence-corrected chi connectivity index (χ3v) is 4.32. The smallest absolute Gasteiger partial charge is 0.188 e. The molecule has 5 heteroatoms. The summed E-state index contributed by atoms with van der Waals surface area (Å²) in [5.41, 5.74) is 1.02. The summed E-state index contributed by atoms with van der Waals surface area (Å²) in [5.74, 6) is 2.04. The van der Waals surface area contributed by atoms with Crippen LogP contribution >= 0.6 is 39.5 Å². The van der Waals surface area contributed by atoms with E-state index in [1.807, 2.05) is 6.92 Å². The van der Waals surface area contributed by atoms with Crippen LogP contribution in [0.4, 0.5) is 0 Å². The molecule has 0 saturated carbocycles. The zero-order valence-corrected chi connectivity index (χ0v) is 11.7. The maximum Gasteiger partial charge on any atom is 0.188 e. The molecule has 1 rings (SSSR count). The summed E-state index contributed by atoms with van der Waals surface area (Å²) < 4.78 is 1.03. The second kappa shape index (κ2) is 5.98. The average Bonchev–Trinajstić information content (AvgIpc) is 2.14. The molecule has 0 amide bonds. The molecule has 0 fully saturated rings. The molecule has 0 saturated heterocycles. The van der Waals surface area contributed by atoms with Gasteiger partial charge in [0.05, 0.1) is 10.2 Å². The standard InChI is InChI=1S/C9H13BrN2S2/c1-4-13-8-7(10)6(3)11-9(12-8)14-5-2/h4-5H2,1-3H3. The quantitative estimate of drug-likeness (QED) is 0.479. The van der Waals surface area contributed by atoms with E-state index >= 15 is 0 Å². The molecule has 0 unspecified atom stereocenters. The van der Waals surface area contributed by atoms with E-state index in [4.69, 9.17) is 0 Å². The van der Waals surface area contributed by atoms with E-state index in [9.17, 15) is 0 Å². The molecule has 0 bridgehead atoms. The van der Waals surface area contributed by atoms with E-state index in [1.54, 1.807) is 23.5 Å². The fourth-order valence-electron chi connectivity index (χ4n) is 0.934. The van der Waals surface area contributed by atoms with E-state index in [0.717, 1.165) is 31.9 Å². The number of nitrogens with zero attached hydrogens (tertiary/aromatic N) is 2. The first kappa shape index (κ1) is 12.3. The van der Waals surface area contributed by atoms with E-state index in [-0.39, 0.29) is 0 Å². The van der Waals surface area contributed by atoms with Gasteiger partial charge in [0.1, 0.15) is 5.03 Å². The summed E-state index contributed by atoms with van der Waals surface area (Å²) in [4.78, 5) is 8.88. The molecule has 0 aliphatic carbocycles. The topological polar surface area (TPSA) is 25.8 Å². The van der Waals surface area contributed by atoms with Crippen LogP contribution in [0.3, 0.4) is 0 Å². The number of hydrogen-bond acceptors (Lipinski definition) is 4. The van der Waals surface area contributed by atoms with Gasteiger partial charge in [-0.1, -0.05) is 25.6 Å². The van der Waals surface area contributed by atoms with Crippen LogP contribution in [0.15, 0.2) is 14.7 Å². The van der Waals surface area contributed by atoms with E-state index in [0.29, 0.717) is 0 Å². The van der Waals surface area contributed by atoms with E-state index in [1.165, 1.54) is 0 Å². The van der Waals surface area contributed by atoms with Gasteiger partial charge >= 0.3 is 0 Å². The van der Waals surface area contributed by atoms with E-state index in [2.05, 4.69) is 39.7 Å². The maximum absolute atomic E-state index is 4.48. The molecule has 0 spiro atoms. The highest BCUT2D eigenvalue weighted by atomic mass is 79.9. The first-order valence-electron chi connectivity index (χ1n) is 4.48. The SMILES string of the molecule is CCSc1nc(C)c(Br)c(SCC)n1. The van der Waals surface area contributed by atoms with Crippen LogP contribution in [-0.2, 0) is 0 Å². The third kappa shape index (κ3) is 3.14. The lowest BCUT2D eigenvalue weighted by atomic mass is 10.5. The van der Waals surface area contributed by atoms with Gasteiger partial charge in [-0.05, 0) is 34.4 Å². The van der Waals surface area contributed by atoms with Crippen molar-refractivity contribution in [3.05, 3.63) is 10.2 Å². The molecule has 0 atom stereocenters. The predicted molar refractivity (Wildman–Crippen MR) is 67.3 cm³/mol. The largest absolute Gasteiger partial charge is 0.227 e. The van der Waals surface area contributed by atoms with Crippen LogP contribution < -0.4 is 0 Å². The van der Waals surface area contributed by atoms with Crippen molar-refractivity contribution in [3.8, 4) is 0 Å². The number of halogens is 1. The number of rotatable bonds is 4. The Morgan fingerprint density at radius 1 is 1.14 bits per heavy atom. The normalized spacial score (nSPS) is 10.6. The first-order valence-corrected chi connectivity index (χ1v) is 7.25. The minimum atomic E-state index is 0.879. The van der Waals surface area contributed by atoms with Crippen molar-refractivity contribution in [2.75, 3.05) is 11.5 Å². The monoisotopic (exact) mass is 292 g/mol. The highest BCUT2D eigenvalue weighted by Gasteiger charge is 2.08. The first-order chi connectivity index (χ1) is 6.69. The molecule has 0 N–H and O–H groups in total. The van der Waals surface area contributed by atoms with Crippen LogP contribution in [0.1, 0.15) is 19.5 Å². The minimum Gasteiger partial charge on any atom is -0.227 e. The number of aromatic nitrogens is 2. The van der Waals surface area contributed by atoms with Crippen molar-refractivity contribution in [3.63, 3.8) is 0 Å². The highest BCUT2D eigenvalue weighted by molar-refractivity contribution is 9.10. The molecule has 0 aliphatic rings.